The van der Waals surface area contributed by atoms with Crippen LogP contribution in [0.5, 0.6) is 0 Å². The Morgan fingerprint density at radius 3 is 3.00 bits per heavy atom. The van der Waals surface area contributed by atoms with Crippen LogP contribution in [-0.4, -0.2) is 14.9 Å². The molecule has 6 nitrogen and oxygen atoms in total. The van der Waals surface area contributed by atoms with Crippen molar-refractivity contribution in [3.63, 3.8) is 0 Å². The van der Waals surface area contributed by atoms with E-state index in [1.165, 1.54) is 23.9 Å². The summed E-state index contributed by atoms with van der Waals surface area (Å²) in [5.74, 6) is 1.27. The molecule has 2 heterocycles. The van der Waals surface area contributed by atoms with Gasteiger partial charge in [0.25, 0.3) is 5.56 Å². The molecule has 20 heavy (non-hydrogen) atoms. The zero-order valence-corrected chi connectivity index (χ0v) is 12.5. The first-order chi connectivity index (χ1) is 9.74. The summed E-state index contributed by atoms with van der Waals surface area (Å²) in [4.78, 5) is 12.4. The number of halogens is 1. The molecule has 1 N–H and O–H groups in total. The summed E-state index contributed by atoms with van der Waals surface area (Å²) in [5.41, 5.74) is 0.404. The van der Waals surface area contributed by atoms with Crippen molar-refractivity contribution < 1.29 is 4.52 Å². The maximum Gasteiger partial charge on any atom is 0.291 e. The largest absolute Gasteiger partial charge is 0.372 e. The minimum absolute atomic E-state index is 0.106. The standard InChI is InChI=1S/C13H15BrN4O2/c14-11-7-16-18(8-9-2-1-3-9)13(19)12(11)15-6-10-4-5-17-20-10/h4-5,7,9,15H,1-3,6,8H2. The minimum atomic E-state index is -0.106. The van der Waals surface area contributed by atoms with Crippen LogP contribution in [0.25, 0.3) is 0 Å². The Hall–Kier alpha value is -1.63. The second kappa shape index (κ2) is 5.78. The molecule has 0 aromatic carbocycles. The highest BCUT2D eigenvalue weighted by Gasteiger charge is 2.20. The molecule has 0 aliphatic heterocycles. The molecular formula is C13H15BrN4O2. The molecule has 2 aromatic heterocycles. The summed E-state index contributed by atoms with van der Waals surface area (Å²) in [5, 5.41) is 10.9. The van der Waals surface area contributed by atoms with Crippen molar-refractivity contribution in [1.82, 2.24) is 14.9 Å². The highest BCUT2D eigenvalue weighted by molar-refractivity contribution is 9.10. The molecule has 0 bridgehead atoms. The fourth-order valence-corrected chi connectivity index (χ4v) is 2.59. The lowest BCUT2D eigenvalue weighted by Crippen LogP contribution is -2.30. The Bertz CT molecular complexity index is 634. The van der Waals surface area contributed by atoms with Crippen LogP contribution in [-0.2, 0) is 13.1 Å². The average Bonchev–Trinajstić information content (AvgIpc) is 2.89. The molecule has 1 saturated carbocycles. The smallest absolute Gasteiger partial charge is 0.291 e. The van der Waals surface area contributed by atoms with Gasteiger partial charge in [0.05, 0.1) is 23.4 Å². The van der Waals surface area contributed by atoms with Gasteiger partial charge in [-0.05, 0) is 34.7 Å². The van der Waals surface area contributed by atoms with Gasteiger partial charge in [-0.3, -0.25) is 4.79 Å². The van der Waals surface area contributed by atoms with E-state index in [-0.39, 0.29) is 5.56 Å². The third kappa shape index (κ3) is 2.77. The third-order valence-electron chi connectivity index (χ3n) is 3.58. The molecule has 0 atom stereocenters. The first-order valence-corrected chi connectivity index (χ1v) is 7.42. The second-order valence-electron chi connectivity index (χ2n) is 4.98. The normalized spacial score (nSPS) is 15.1. The van der Waals surface area contributed by atoms with Crippen LogP contribution in [0.4, 0.5) is 5.69 Å². The Morgan fingerprint density at radius 1 is 1.50 bits per heavy atom. The van der Waals surface area contributed by atoms with Gasteiger partial charge in [0, 0.05) is 12.6 Å². The lowest BCUT2D eigenvalue weighted by molar-refractivity contribution is 0.262. The Balaban J connectivity index is 1.77. The monoisotopic (exact) mass is 338 g/mol. The minimum Gasteiger partial charge on any atom is -0.372 e. The molecule has 7 heteroatoms. The van der Waals surface area contributed by atoms with Gasteiger partial charge >= 0.3 is 0 Å². The van der Waals surface area contributed by atoms with E-state index in [0.717, 1.165) is 0 Å². The van der Waals surface area contributed by atoms with Crippen molar-refractivity contribution in [1.29, 1.82) is 0 Å². The maximum absolute atomic E-state index is 12.4. The summed E-state index contributed by atoms with van der Waals surface area (Å²) in [6.07, 6.45) is 6.86. The first-order valence-electron chi connectivity index (χ1n) is 6.63. The van der Waals surface area contributed by atoms with Gasteiger partial charge < -0.3 is 9.84 Å². The zero-order valence-electron chi connectivity index (χ0n) is 10.9. The van der Waals surface area contributed by atoms with Crippen molar-refractivity contribution in [3.8, 4) is 0 Å². The summed E-state index contributed by atoms with van der Waals surface area (Å²) >= 11 is 3.36. The summed E-state index contributed by atoms with van der Waals surface area (Å²) in [6.45, 7) is 1.12. The number of nitrogens with zero attached hydrogens (tertiary/aromatic N) is 3. The van der Waals surface area contributed by atoms with Crippen molar-refractivity contribution in [2.45, 2.75) is 32.4 Å². The van der Waals surface area contributed by atoms with E-state index in [0.29, 0.717) is 34.9 Å². The molecule has 1 aliphatic carbocycles. The molecule has 0 radical (unpaired) electrons. The molecule has 0 spiro atoms. The van der Waals surface area contributed by atoms with Gasteiger partial charge in [-0.2, -0.15) is 5.10 Å². The van der Waals surface area contributed by atoms with Crippen LogP contribution in [0.2, 0.25) is 0 Å². The Morgan fingerprint density at radius 2 is 2.35 bits per heavy atom. The van der Waals surface area contributed by atoms with Crippen LogP contribution in [0, 0.1) is 5.92 Å². The zero-order chi connectivity index (χ0) is 13.9. The van der Waals surface area contributed by atoms with Gasteiger partial charge in [-0.25, -0.2) is 4.68 Å². The van der Waals surface area contributed by atoms with Crippen molar-refractivity contribution in [2.75, 3.05) is 5.32 Å². The van der Waals surface area contributed by atoms with Gasteiger partial charge in [-0.1, -0.05) is 11.6 Å². The molecule has 106 valence electrons. The first kappa shape index (κ1) is 13.4. The topological polar surface area (TPSA) is 73.0 Å². The second-order valence-corrected chi connectivity index (χ2v) is 5.84. The molecule has 1 fully saturated rings. The van der Waals surface area contributed by atoms with E-state index in [1.54, 1.807) is 18.5 Å². The van der Waals surface area contributed by atoms with Gasteiger partial charge in [-0.15, -0.1) is 0 Å². The lowest BCUT2D eigenvalue weighted by atomic mass is 9.85. The fourth-order valence-electron chi connectivity index (χ4n) is 2.19. The van der Waals surface area contributed by atoms with E-state index in [9.17, 15) is 4.79 Å². The quantitative estimate of drug-likeness (QED) is 0.906. The van der Waals surface area contributed by atoms with Crippen molar-refractivity contribution in [3.05, 3.63) is 39.0 Å². The molecule has 0 saturated heterocycles. The molecule has 0 unspecified atom stereocenters. The van der Waals surface area contributed by atoms with Crippen LogP contribution in [0.15, 0.2) is 32.3 Å². The highest BCUT2D eigenvalue weighted by Crippen LogP contribution is 2.27. The van der Waals surface area contributed by atoms with Crippen LogP contribution < -0.4 is 10.9 Å². The Labute approximate surface area is 124 Å². The van der Waals surface area contributed by atoms with E-state index in [1.807, 2.05) is 0 Å². The molecule has 2 aromatic rings. The number of nitrogens with one attached hydrogen (secondary N) is 1. The third-order valence-corrected chi connectivity index (χ3v) is 4.19. The molecule has 0 amide bonds. The number of hydrogen-bond acceptors (Lipinski definition) is 5. The summed E-state index contributed by atoms with van der Waals surface area (Å²) in [6, 6.07) is 1.76. The SMILES string of the molecule is O=c1c(NCc2ccno2)c(Br)cnn1CC1CCC1. The van der Waals surface area contributed by atoms with Crippen LogP contribution in [0.3, 0.4) is 0 Å². The van der Waals surface area contributed by atoms with Gasteiger partial charge in [0.15, 0.2) is 5.76 Å². The fraction of sp³-hybridized carbons (Fsp3) is 0.462. The highest BCUT2D eigenvalue weighted by atomic mass is 79.9. The summed E-state index contributed by atoms with van der Waals surface area (Å²) < 4.78 is 7.20. The molecular weight excluding hydrogens is 324 g/mol. The van der Waals surface area contributed by atoms with Crippen LogP contribution >= 0.6 is 15.9 Å². The maximum atomic E-state index is 12.4. The van der Waals surface area contributed by atoms with Gasteiger partial charge in [0.2, 0.25) is 0 Å². The van der Waals surface area contributed by atoms with E-state index in [2.05, 4.69) is 31.5 Å². The van der Waals surface area contributed by atoms with E-state index in [4.69, 9.17) is 4.52 Å². The average molecular weight is 339 g/mol. The lowest BCUT2D eigenvalue weighted by Gasteiger charge is -2.25. The van der Waals surface area contributed by atoms with Crippen molar-refractivity contribution in [2.24, 2.45) is 5.92 Å². The predicted molar refractivity (Wildman–Crippen MR) is 77.4 cm³/mol. The predicted octanol–water partition coefficient (Wildman–Crippen LogP) is 2.41. The molecule has 3 rings (SSSR count). The number of anilines is 1. The summed E-state index contributed by atoms with van der Waals surface area (Å²) in [7, 11) is 0. The van der Waals surface area contributed by atoms with Gasteiger partial charge in [0.1, 0.15) is 5.69 Å². The van der Waals surface area contributed by atoms with E-state index >= 15 is 0 Å². The van der Waals surface area contributed by atoms with Crippen molar-refractivity contribution >= 4 is 21.6 Å². The number of rotatable bonds is 5. The van der Waals surface area contributed by atoms with Crippen LogP contribution in [0.1, 0.15) is 25.0 Å². The number of hydrogen-bond donors (Lipinski definition) is 1. The van der Waals surface area contributed by atoms with E-state index < -0.39 is 0 Å². The number of aromatic nitrogens is 3. The molecule has 1 aliphatic rings. The Kier molecular flexibility index (Phi) is 3.86.